The number of benzene rings is 1. The minimum atomic E-state index is -0.167. The van der Waals surface area contributed by atoms with Crippen molar-refractivity contribution in [3.8, 4) is 5.75 Å². The highest BCUT2D eigenvalue weighted by molar-refractivity contribution is 5.85. The molecule has 3 aromatic rings. The van der Waals surface area contributed by atoms with Crippen LogP contribution in [0.1, 0.15) is 25.3 Å². The lowest BCUT2D eigenvalue weighted by Gasteiger charge is -2.08. The van der Waals surface area contributed by atoms with Gasteiger partial charge in [-0.2, -0.15) is 0 Å². The highest BCUT2D eigenvalue weighted by Crippen LogP contribution is 2.25. The predicted octanol–water partition coefficient (Wildman–Crippen LogP) is 3.94. The van der Waals surface area contributed by atoms with Gasteiger partial charge in [0.15, 0.2) is 0 Å². The number of aromatic amines is 1. The quantitative estimate of drug-likeness (QED) is 0.419. The molecule has 2 N–H and O–H groups in total. The van der Waals surface area contributed by atoms with Gasteiger partial charge < -0.3 is 19.8 Å². The SMILES string of the molecule is CCOC(=O)CCc1c[nH]c2ccc(OCCCNc3ccccn3)cc12. The van der Waals surface area contributed by atoms with Crippen molar-refractivity contribution in [1.29, 1.82) is 0 Å². The smallest absolute Gasteiger partial charge is 0.306 e. The van der Waals surface area contributed by atoms with E-state index in [9.17, 15) is 4.79 Å². The first-order valence-corrected chi connectivity index (χ1v) is 9.29. The Morgan fingerprint density at radius 2 is 2.19 bits per heavy atom. The third-order valence-corrected chi connectivity index (χ3v) is 4.20. The number of nitrogens with zero attached hydrogens (tertiary/aromatic N) is 1. The Bertz CT molecular complexity index is 861. The number of carbonyl (C=O) groups excluding carboxylic acids is 1. The zero-order valence-corrected chi connectivity index (χ0v) is 15.5. The number of fused-ring (bicyclic) bond motifs is 1. The third-order valence-electron chi connectivity index (χ3n) is 4.20. The number of rotatable bonds is 10. The monoisotopic (exact) mass is 367 g/mol. The standard InChI is InChI=1S/C21H25N3O3/c1-2-26-21(25)10-7-16-15-24-19-9-8-17(14-18(16)19)27-13-5-12-23-20-6-3-4-11-22-20/h3-4,6,8-9,11,14-15,24H,2,5,7,10,12-13H2,1H3,(H,22,23). The molecule has 0 radical (unpaired) electrons. The Kier molecular flexibility index (Phi) is 6.68. The molecule has 0 unspecified atom stereocenters. The maximum atomic E-state index is 11.6. The second kappa shape index (κ2) is 9.62. The van der Waals surface area contributed by atoms with Crippen molar-refractivity contribution in [1.82, 2.24) is 9.97 Å². The third kappa shape index (κ3) is 5.48. The van der Waals surface area contributed by atoms with Gasteiger partial charge >= 0.3 is 5.97 Å². The van der Waals surface area contributed by atoms with Gasteiger partial charge in [-0.15, -0.1) is 0 Å². The van der Waals surface area contributed by atoms with Crippen LogP contribution in [-0.4, -0.2) is 35.7 Å². The van der Waals surface area contributed by atoms with Crippen LogP contribution in [0.2, 0.25) is 0 Å². The molecular weight excluding hydrogens is 342 g/mol. The van der Waals surface area contributed by atoms with Gasteiger partial charge in [-0.3, -0.25) is 4.79 Å². The molecule has 1 aromatic carbocycles. The minimum Gasteiger partial charge on any atom is -0.494 e. The van der Waals surface area contributed by atoms with Crippen LogP contribution < -0.4 is 10.1 Å². The topological polar surface area (TPSA) is 76.2 Å². The summed E-state index contributed by atoms with van der Waals surface area (Å²) in [5, 5.41) is 4.35. The Morgan fingerprint density at radius 3 is 3.00 bits per heavy atom. The van der Waals surface area contributed by atoms with Gasteiger partial charge in [-0.1, -0.05) is 6.07 Å². The van der Waals surface area contributed by atoms with E-state index in [0.717, 1.165) is 41.0 Å². The van der Waals surface area contributed by atoms with Gasteiger partial charge in [-0.05, 0) is 55.7 Å². The molecule has 142 valence electrons. The molecule has 0 saturated heterocycles. The Morgan fingerprint density at radius 1 is 1.26 bits per heavy atom. The first-order valence-electron chi connectivity index (χ1n) is 9.29. The summed E-state index contributed by atoms with van der Waals surface area (Å²) in [6.45, 7) is 3.65. The zero-order valence-electron chi connectivity index (χ0n) is 15.5. The molecule has 0 aliphatic carbocycles. The lowest BCUT2D eigenvalue weighted by atomic mass is 10.1. The minimum absolute atomic E-state index is 0.167. The number of H-pyrrole nitrogens is 1. The van der Waals surface area contributed by atoms with Crippen LogP contribution >= 0.6 is 0 Å². The molecule has 0 fully saturated rings. The Hall–Kier alpha value is -3.02. The van der Waals surface area contributed by atoms with Crippen molar-refractivity contribution >= 4 is 22.7 Å². The summed E-state index contributed by atoms with van der Waals surface area (Å²) in [6.07, 6.45) is 5.62. The molecule has 3 rings (SSSR count). The number of hydrogen-bond donors (Lipinski definition) is 2. The molecule has 6 heteroatoms. The van der Waals surface area contributed by atoms with Crippen LogP contribution in [0.15, 0.2) is 48.8 Å². The second-order valence-corrected chi connectivity index (χ2v) is 6.17. The molecule has 0 atom stereocenters. The fourth-order valence-corrected chi connectivity index (χ4v) is 2.87. The molecule has 0 spiro atoms. The van der Waals surface area contributed by atoms with Gasteiger partial charge in [-0.25, -0.2) is 4.98 Å². The van der Waals surface area contributed by atoms with Crippen molar-refractivity contribution in [2.75, 3.05) is 25.1 Å². The molecule has 6 nitrogen and oxygen atoms in total. The summed E-state index contributed by atoms with van der Waals surface area (Å²) >= 11 is 0. The normalized spacial score (nSPS) is 10.7. The van der Waals surface area contributed by atoms with E-state index < -0.39 is 0 Å². The number of carbonyl (C=O) groups is 1. The van der Waals surface area contributed by atoms with E-state index in [-0.39, 0.29) is 5.97 Å². The van der Waals surface area contributed by atoms with Crippen LogP contribution in [0.5, 0.6) is 5.75 Å². The summed E-state index contributed by atoms with van der Waals surface area (Å²) in [7, 11) is 0. The fraction of sp³-hybridized carbons (Fsp3) is 0.333. The fourth-order valence-electron chi connectivity index (χ4n) is 2.87. The lowest BCUT2D eigenvalue weighted by molar-refractivity contribution is -0.143. The molecule has 0 aliphatic rings. The van der Waals surface area contributed by atoms with Gasteiger partial charge in [0, 0.05) is 36.3 Å². The molecule has 0 bridgehead atoms. The van der Waals surface area contributed by atoms with Gasteiger partial charge in [0.25, 0.3) is 0 Å². The average molecular weight is 367 g/mol. The van der Waals surface area contributed by atoms with Gasteiger partial charge in [0.05, 0.1) is 13.2 Å². The molecule has 0 amide bonds. The highest BCUT2D eigenvalue weighted by Gasteiger charge is 2.08. The van der Waals surface area contributed by atoms with Crippen LogP contribution in [0.25, 0.3) is 10.9 Å². The van der Waals surface area contributed by atoms with Crippen molar-refractivity contribution in [2.24, 2.45) is 0 Å². The van der Waals surface area contributed by atoms with Crippen molar-refractivity contribution < 1.29 is 14.3 Å². The van der Waals surface area contributed by atoms with E-state index in [1.165, 1.54) is 0 Å². The average Bonchev–Trinajstić information content (AvgIpc) is 3.09. The number of aryl methyl sites for hydroxylation is 1. The van der Waals surface area contributed by atoms with Gasteiger partial charge in [0.1, 0.15) is 11.6 Å². The first kappa shape index (κ1) is 18.8. The molecule has 0 saturated carbocycles. The highest BCUT2D eigenvalue weighted by atomic mass is 16.5. The number of esters is 1. The number of anilines is 1. The Labute approximate surface area is 158 Å². The van der Waals surface area contributed by atoms with Crippen LogP contribution in [0.4, 0.5) is 5.82 Å². The van der Waals surface area contributed by atoms with Gasteiger partial charge in [0.2, 0.25) is 0 Å². The molecule has 0 aliphatic heterocycles. The number of hydrogen-bond acceptors (Lipinski definition) is 5. The van der Waals surface area contributed by atoms with E-state index in [0.29, 0.717) is 26.1 Å². The summed E-state index contributed by atoms with van der Waals surface area (Å²) < 4.78 is 10.9. The first-order chi connectivity index (χ1) is 13.3. The van der Waals surface area contributed by atoms with Crippen molar-refractivity contribution in [2.45, 2.75) is 26.2 Å². The van der Waals surface area contributed by atoms with Crippen LogP contribution in [0.3, 0.4) is 0 Å². The van der Waals surface area contributed by atoms with Crippen molar-refractivity contribution in [3.63, 3.8) is 0 Å². The second-order valence-electron chi connectivity index (χ2n) is 6.17. The zero-order chi connectivity index (χ0) is 18.9. The Balaban J connectivity index is 1.49. The lowest BCUT2D eigenvalue weighted by Crippen LogP contribution is -2.08. The molecule has 27 heavy (non-hydrogen) atoms. The van der Waals surface area contributed by atoms with Crippen LogP contribution in [-0.2, 0) is 16.0 Å². The molecular formula is C21H25N3O3. The largest absolute Gasteiger partial charge is 0.494 e. The molecule has 2 aromatic heterocycles. The number of ether oxygens (including phenoxy) is 2. The number of pyridine rings is 1. The summed E-state index contributed by atoms with van der Waals surface area (Å²) in [6, 6.07) is 11.8. The summed E-state index contributed by atoms with van der Waals surface area (Å²) in [5.41, 5.74) is 2.14. The number of nitrogens with one attached hydrogen (secondary N) is 2. The predicted molar refractivity (Wildman–Crippen MR) is 106 cm³/mol. The van der Waals surface area contributed by atoms with Crippen molar-refractivity contribution in [3.05, 3.63) is 54.4 Å². The van der Waals surface area contributed by atoms with Crippen LogP contribution in [0, 0.1) is 0 Å². The summed E-state index contributed by atoms with van der Waals surface area (Å²) in [5.74, 6) is 1.54. The van der Waals surface area contributed by atoms with E-state index in [1.54, 1.807) is 6.20 Å². The van der Waals surface area contributed by atoms with E-state index in [4.69, 9.17) is 9.47 Å². The van der Waals surface area contributed by atoms with E-state index in [1.807, 2.05) is 49.5 Å². The summed E-state index contributed by atoms with van der Waals surface area (Å²) in [4.78, 5) is 19.0. The molecule has 2 heterocycles. The van der Waals surface area contributed by atoms with E-state index >= 15 is 0 Å². The maximum absolute atomic E-state index is 11.6. The number of aromatic nitrogens is 2. The van der Waals surface area contributed by atoms with E-state index in [2.05, 4.69) is 15.3 Å². The maximum Gasteiger partial charge on any atom is 0.306 e.